The summed E-state index contributed by atoms with van der Waals surface area (Å²) in [5, 5.41) is 4.87. The Morgan fingerprint density at radius 2 is 1.89 bits per heavy atom. The fraction of sp³-hybridized carbons (Fsp3) is 0.394. The number of piperidine rings is 1. The van der Waals surface area contributed by atoms with Crippen molar-refractivity contribution >= 4 is 45.1 Å². The standard InChI is InChI=1S/C33H36N6O5/c1-6-7-17-38-27-28(35-30(38)37-16-10-11-22(20-37)34-31(41)44-33(2,3)4)36(5)32(42)39(29(27)40)19-21-14-15-26-24(18-21)23-12-8-9-13-25(23)43-26/h8-9,12-15,18,22H,10-11,16-17,19-20H2,1-5H3,(H,34,41)/t22-/m1/s1. The van der Waals surface area contributed by atoms with Gasteiger partial charge < -0.3 is 19.4 Å². The van der Waals surface area contributed by atoms with Crippen molar-refractivity contribution in [3.05, 3.63) is 68.9 Å². The quantitative estimate of drug-likeness (QED) is 0.300. The van der Waals surface area contributed by atoms with Crippen LogP contribution in [0.3, 0.4) is 0 Å². The lowest BCUT2D eigenvalue weighted by Gasteiger charge is -2.34. The van der Waals surface area contributed by atoms with Crippen molar-refractivity contribution < 1.29 is 13.9 Å². The maximum Gasteiger partial charge on any atom is 0.407 e. The number of anilines is 1. The van der Waals surface area contributed by atoms with Crippen molar-refractivity contribution in [1.82, 2.24) is 24.0 Å². The minimum Gasteiger partial charge on any atom is -0.456 e. The van der Waals surface area contributed by atoms with Crippen LogP contribution in [0.15, 0.2) is 56.5 Å². The van der Waals surface area contributed by atoms with Gasteiger partial charge in [-0.2, -0.15) is 4.98 Å². The summed E-state index contributed by atoms with van der Waals surface area (Å²) in [5.41, 5.74) is 1.43. The zero-order valence-corrected chi connectivity index (χ0v) is 25.6. The van der Waals surface area contributed by atoms with E-state index in [0.29, 0.717) is 30.2 Å². The number of aryl methyl sites for hydroxylation is 1. The van der Waals surface area contributed by atoms with Crippen LogP contribution >= 0.6 is 0 Å². The molecule has 0 aliphatic carbocycles. The van der Waals surface area contributed by atoms with Gasteiger partial charge in [0.1, 0.15) is 16.8 Å². The second-order valence-corrected chi connectivity index (χ2v) is 12.2. The van der Waals surface area contributed by atoms with Gasteiger partial charge in [-0.3, -0.25) is 18.5 Å². The second-order valence-electron chi connectivity index (χ2n) is 12.2. The number of nitrogens with zero attached hydrogens (tertiary/aromatic N) is 5. The lowest BCUT2D eigenvalue weighted by Crippen LogP contribution is -2.49. The molecule has 1 fully saturated rings. The van der Waals surface area contributed by atoms with E-state index in [-0.39, 0.29) is 19.1 Å². The highest BCUT2D eigenvalue weighted by Gasteiger charge is 2.29. The minimum atomic E-state index is -0.603. The van der Waals surface area contributed by atoms with Crippen molar-refractivity contribution in [1.29, 1.82) is 0 Å². The minimum absolute atomic E-state index is 0.0858. The Kier molecular flexibility index (Phi) is 7.45. The monoisotopic (exact) mass is 596 g/mol. The largest absolute Gasteiger partial charge is 0.456 e. The van der Waals surface area contributed by atoms with Gasteiger partial charge in [-0.05, 0) is 64.3 Å². The Morgan fingerprint density at radius 1 is 1.11 bits per heavy atom. The van der Waals surface area contributed by atoms with Crippen LogP contribution in [0.5, 0.6) is 0 Å². The summed E-state index contributed by atoms with van der Waals surface area (Å²) >= 11 is 0. The SMILES string of the molecule is CC#CCn1c(N2CCC[C@@H](NC(=O)OC(C)(C)C)C2)nc2c1c(=O)n(Cc1ccc3oc4ccccc4c3c1)c(=O)n2C. The van der Waals surface area contributed by atoms with E-state index in [9.17, 15) is 14.4 Å². The number of hydrogen-bond acceptors (Lipinski definition) is 7. The molecule has 0 spiro atoms. The van der Waals surface area contributed by atoms with Gasteiger partial charge in [-0.15, -0.1) is 5.92 Å². The molecule has 1 aliphatic rings. The molecule has 6 rings (SSSR count). The molecule has 11 nitrogen and oxygen atoms in total. The third-order valence-electron chi connectivity index (χ3n) is 7.83. The summed E-state index contributed by atoms with van der Waals surface area (Å²) in [6, 6.07) is 13.3. The van der Waals surface area contributed by atoms with Gasteiger partial charge in [0.2, 0.25) is 5.95 Å². The topological polar surface area (TPSA) is 117 Å². The average molecular weight is 597 g/mol. The van der Waals surface area contributed by atoms with E-state index in [1.165, 1.54) is 9.13 Å². The third kappa shape index (κ3) is 5.43. The zero-order valence-electron chi connectivity index (χ0n) is 25.6. The predicted octanol–water partition coefficient (Wildman–Crippen LogP) is 4.36. The van der Waals surface area contributed by atoms with Gasteiger partial charge in [-0.25, -0.2) is 9.59 Å². The molecule has 4 heterocycles. The first-order chi connectivity index (χ1) is 21.0. The fourth-order valence-electron chi connectivity index (χ4n) is 5.85. The van der Waals surface area contributed by atoms with Crippen molar-refractivity contribution in [2.24, 2.45) is 7.05 Å². The summed E-state index contributed by atoms with van der Waals surface area (Å²) in [6.07, 6.45) is 1.12. The molecule has 0 radical (unpaired) electrons. The van der Waals surface area contributed by atoms with E-state index in [0.717, 1.165) is 40.3 Å². The molecular weight excluding hydrogens is 560 g/mol. The molecule has 3 aromatic heterocycles. The maximum absolute atomic E-state index is 14.1. The Bertz CT molecular complexity index is 2080. The van der Waals surface area contributed by atoms with Gasteiger partial charge in [-0.1, -0.05) is 30.2 Å². The number of furan rings is 1. The van der Waals surface area contributed by atoms with Crippen LogP contribution in [-0.2, 0) is 24.9 Å². The summed E-state index contributed by atoms with van der Waals surface area (Å²) in [6.45, 7) is 8.68. The number of carbonyl (C=O) groups excluding carboxylic acids is 1. The fourth-order valence-corrected chi connectivity index (χ4v) is 5.85. The van der Waals surface area contributed by atoms with Crippen LogP contribution in [-0.4, -0.2) is 49.5 Å². The number of fused-ring (bicyclic) bond motifs is 4. The number of rotatable bonds is 5. The summed E-state index contributed by atoms with van der Waals surface area (Å²) < 4.78 is 15.9. The van der Waals surface area contributed by atoms with Crippen LogP contribution in [0, 0.1) is 11.8 Å². The number of imidazole rings is 1. The van der Waals surface area contributed by atoms with Crippen LogP contribution in [0.4, 0.5) is 10.7 Å². The van der Waals surface area contributed by atoms with E-state index in [1.807, 2.05) is 68.1 Å². The molecule has 1 atom stereocenters. The highest BCUT2D eigenvalue weighted by molar-refractivity contribution is 6.05. The lowest BCUT2D eigenvalue weighted by molar-refractivity contribution is 0.0499. The van der Waals surface area contributed by atoms with Crippen molar-refractivity contribution in [3.63, 3.8) is 0 Å². The molecule has 11 heteroatoms. The van der Waals surface area contributed by atoms with E-state index in [2.05, 4.69) is 17.2 Å². The highest BCUT2D eigenvalue weighted by Crippen LogP contribution is 2.29. The van der Waals surface area contributed by atoms with Gasteiger partial charge in [0.25, 0.3) is 5.56 Å². The number of aromatic nitrogens is 4. The summed E-state index contributed by atoms with van der Waals surface area (Å²) in [4.78, 5) is 47.0. The van der Waals surface area contributed by atoms with Crippen LogP contribution < -0.4 is 21.5 Å². The predicted molar refractivity (Wildman–Crippen MR) is 170 cm³/mol. The van der Waals surface area contributed by atoms with Gasteiger partial charge in [0.15, 0.2) is 11.2 Å². The number of ether oxygens (including phenoxy) is 1. The van der Waals surface area contributed by atoms with Crippen molar-refractivity contribution in [2.75, 3.05) is 18.0 Å². The molecule has 2 aromatic carbocycles. The molecule has 1 amide bonds. The number of para-hydroxylation sites is 1. The second kappa shape index (κ2) is 11.3. The first kappa shape index (κ1) is 29.1. The summed E-state index contributed by atoms with van der Waals surface area (Å²) in [5.74, 6) is 6.51. The molecule has 1 aliphatic heterocycles. The number of nitrogens with one attached hydrogen (secondary N) is 1. The van der Waals surface area contributed by atoms with Crippen LogP contribution in [0.1, 0.15) is 46.1 Å². The zero-order chi connectivity index (χ0) is 31.2. The third-order valence-corrected chi connectivity index (χ3v) is 7.83. The Morgan fingerprint density at radius 3 is 2.66 bits per heavy atom. The number of hydrogen-bond donors (Lipinski definition) is 1. The van der Waals surface area contributed by atoms with Gasteiger partial charge in [0.05, 0.1) is 13.1 Å². The lowest BCUT2D eigenvalue weighted by atomic mass is 10.1. The molecule has 0 saturated carbocycles. The van der Waals surface area contributed by atoms with Crippen LogP contribution in [0.25, 0.3) is 33.1 Å². The summed E-state index contributed by atoms with van der Waals surface area (Å²) in [7, 11) is 1.63. The Hall–Kier alpha value is -4.98. The van der Waals surface area contributed by atoms with E-state index in [1.54, 1.807) is 18.5 Å². The van der Waals surface area contributed by atoms with E-state index in [4.69, 9.17) is 14.1 Å². The Balaban J connectivity index is 1.39. The molecule has 1 saturated heterocycles. The molecule has 5 aromatic rings. The maximum atomic E-state index is 14.1. The molecule has 1 N–H and O–H groups in total. The Labute approximate surface area is 254 Å². The van der Waals surface area contributed by atoms with Crippen molar-refractivity contribution in [2.45, 2.75) is 65.3 Å². The molecule has 0 bridgehead atoms. The molecule has 44 heavy (non-hydrogen) atoms. The first-order valence-corrected chi connectivity index (χ1v) is 14.8. The smallest absolute Gasteiger partial charge is 0.407 e. The van der Waals surface area contributed by atoms with Gasteiger partial charge >= 0.3 is 11.8 Å². The molecular formula is C33H36N6O5. The molecule has 228 valence electrons. The number of benzene rings is 2. The highest BCUT2D eigenvalue weighted by atomic mass is 16.6. The van der Waals surface area contributed by atoms with E-state index < -0.39 is 22.9 Å². The average Bonchev–Trinajstić information content (AvgIpc) is 3.55. The first-order valence-electron chi connectivity index (χ1n) is 14.8. The normalized spacial score (nSPS) is 15.5. The number of alkyl carbamates (subject to hydrolysis) is 1. The van der Waals surface area contributed by atoms with Gasteiger partial charge in [0, 0.05) is 37.0 Å². The van der Waals surface area contributed by atoms with Crippen molar-refractivity contribution in [3.8, 4) is 11.8 Å². The number of carbonyl (C=O) groups is 1. The number of amides is 1. The van der Waals surface area contributed by atoms with E-state index >= 15 is 0 Å². The van der Waals surface area contributed by atoms with Crippen LogP contribution in [0.2, 0.25) is 0 Å². The molecule has 0 unspecified atom stereocenters.